The summed E-state index contributed by atoms with van der Waals surface area (Å²) in [4.78, 5) is 11.8. The van der Waals surface area contributed by atoms with Gasteiger partial charge in [0, 0.05) is 5.02 Å². The Kier molecular flexibility index (Phi) is 6.44. The van der Waals surface area contributed by atoms with E-state index < -0.39 is 0 Å². The Morgan fingerprint density at radius 3 is 2.44 bits per heavy atom. The van der Waals surface area contributed by atoms with Crippen molar-refractivity contribution in [3.05, 3.63) is 89.4 Å². The third-order valence-corrected chi connectivity index (χ3v) is 3.68. The number of nitrogens with one attached hydrogen (secondary N) is 1. The van der Waals surface area contributed by atoms with Gasteiger partial charge in [-0.15, -0.1) is 0 Å². The van der Waals surface area contributed by atoms with Gasteiger partial charge in [-0.3, -0.25) is 4.79 Å². The minimum Gasteiger partial charge on any atom is -0.484 e. The van der Waals surface area contributed by atoms with Crippen molar-refractivity contribution in [2.45, 2.75) is 0 Å². The van der Waals surface area contributed by atoms with Crippen molar-refractivity contribution >= 4 is 23.7 Å². The quantitative estimate of drug-likeness (QED) is 0.479. The van der Waals surface area contributed by atoms with E-state index in [1.807, 2.05) is 54.6 Å². The summed E-state index contributed by atoms with van der Waals surface area (Å²) >= 11 is 5.79. The molecular weight excluding hydrogens is 364 g/mol. The van der Waals surface area contributed by atoms with Crippen LogP contribution in [0, 0.1) is 0 Å². The summed E-state index contributed by atoms with van der Waals surface area (Å²) < 4.78 is 11.1. The fourth-order valence-electron chi connectivity index (χ4n) is 2.17. The van der Waals surface area contributed by atoms with Gasteiger partial charge in [0.1, 0.15) is 17.2 Å². The van der Waals surface area contributed by atoms with E-state index in [1.54, 1.807) is 24.3 Å². The number of halogens is 1. The highest BCUT2D eigenvalue weighted by molar-refractivity contribution is 6.30. The number of rotatable bonds is 7. The fraction of sp³-hybridized carbons (Fsp3) is 0.0476. The Labute approximate surface area is 162 Å². The molecule has 0 aliphatic heterocycles. The van der Waals surface area contributed by atoms with E-state index in [0.717, 1.165) is 11.3 Å². The normalized spacial score (nSPS) is 10.6. The maximum atomic E-state index is 11.8. The number of hydrazone groups is 1. The highest BCUT2D eigenvalue weighted by Crippen LogP contribution is 2.21. The lowest BCUT2D eigenvalue weighted by atomic mass is 10.2. The van der Waals surface area contributed by atoms with E-state index in [0.29, 0.717) is 16.5 Å². The third kappa shape index (κ3) is 6.17. The van der Waals surface area contributed by atoms with Crippen molar-refractivity contribution in [1.29, 1.82) is 0 Å². The molecule has 0 fully saturated rings. The Bertz CT molecular complexity index is 912. The van der Waals surface area contributed by atoms with Crippen LogP contribution in [-0.4, -0.2) is 18.7 Å². The summed E-state index contributed by atoms with van der Waals surface area (Å²) in [7, 11) is 0. The molecule has 1 N–H and O–H groups in total. The van der Waals surface area contributed by atoms with Crippen LogP contribution in [0.5, 0.6) is 17.2 Å². The maximum Gasteiger partial charge on any atom is 0.277 e. The molecule has 0 saturated heterocycles. The number of carbonyl (C=O) groups excluding carboxylic acids is 1. The smallest absolute Gasteiger partial charge is 0.277 e. The van der Waals surface area contributed by atoms with Gasteiger partial charge in [-0.1, -0.05) is 41.9 Å². The number of carbonyl (C=O) groups is 1. The third-order valence-electron chi connectivity index (χ3n) is 3.42. The molecule has 6 heteroatoms. The van der Waals surface area contributed by atoms with Gasteiger partial charge in [0.25, 0.3) is 5.91 Å². The second-order valence-corrected chi connectivity index (χ2v) is 5.96. The number of para-hydroxylation sites is 1. The summed E-state index contributed by atoms with van der Waals surface area (Å²) in [6.07, 6.45) is 1.54. The second-order valence-electron chi connectivity index (χ2n) is 5.52. The van der Waals surface area contributed by atoms with Gasteiger partial charge in [0.2, 0.25) is 0 Å². The lowest BCUT2D eigenvalue weighted by molar-refractivity contribution is -0.123. The van der Waals surface area contributed by atoms with Crippen molar-refractivity contribution < 1.29 is 14.3 Å². The van der Waals surface area contributed by atoms with E-state index in [-0.39, 0.29) is 12.5 Å². The molecule has 136 valence electrons. The molecule has 0 heterocycles. The van der Waals surface area contributed by atoms with Gasteiger partial charge in [-0.2, -0.15) is 5.10 Å². The number of nitrogens with zero attached hydrogens (tertiary/aromatic N) is 1. The van der Waals surface area contributed by atoms with Crippen LogP contribution in [-0.2, 0) is 4.79 Å². The monoisotopic (exact) mass is 380 g/mol. The molecule has 0 aliphatic carbocycles. The van der Waals surface area contributed by atoms with Crippen LogP contribution in [0.3, 0.4) is 0 Å². The summed E-state index contributed by atoms with van der Waals surface area (Å²) in [6.45, 7) is -0.143. The molecule has 5 nitrogen and oxygen atoms in total. The number of ether oxygens (including phenoxy) is 2. The maximum absolute atomic E-state index is 11.8. The molecule has 0 unspecified atom stereocenters. The predicted molar refractivity (Wildman–Crippen MR) is 106 cm³/mol. The van der Waals surface area contributed by atoms with Crippen molar-refractivity contribution in [1.82, 2.24) is 5.43 Å². The molecule has 1 amide bonds. The molecule has 3 aromatic rings. The molecule has 0 aliphatic rings. The van der Waals surface area contributed by atoms with Crippen LogP contribution in [0.1, 0.15) is 5.56 Å². The molecular formula is C21H17ClN2O3. The van der Waals surface area contributed by atoms with Crippen LogP contribution >= 0.6 is 11.6 Å². The van der Waals surface area contributed by atoms with E-state index in [2.05, 4.69) is 10.5 Å². The number of benzene rings is 3. The number of amides is 1. The van der Waals surface area contributed by atoms with Crippen LogP contribution in [0.4, 0.5) is 0 Å². The lowest BCUT2D eigenvalue weighted by Gasteiger charge is -2.06. The van der Waals surface area contributed by atoms with E-state index in [1.165, 1.54) is 6.21 Å². The van der Waals surface area contributed by atoms with Crippen LogP contribution < -0.4 is 14.9 Å². The summed E-state index contributed by atoms with van der Waals surface area (Å²) in [6, 6.07) is 23.6. The van der Waals surface area contributed by atoms with Gasteiger partial charge in [-0.25, -0.2) is 5.43 Å². The first-order valence-corrected chi connectivity index (χ1v) is 8.60. The Hall–Kier alpha value is -3.31. The van der Waals surface area contributed by atoms with Crippen molar-refractivity contribution in [2.75, 3.05) is 6.61 Å². The Balaban J connectivity index is 1.49. The highest BCUT2D eigenvalue weighted by Gasteiger charge is 2.02. The summed E-state index contributed by atoms with van der Waals surface area (Å²) in [5.74, 6) is 1.63. The zero-order valence-electron chi connectivity index (χ0n) is 14.3. The highest BCUT2D eigenvalue weighted by atomic mass is 35.5. The van der Waals surface area contributed by atoms with Crippen molar-refractivity contribution in [3.63, 3.8) is 0 Å². The van der Waals surface area contributed by atoms with Crippen LogP contribution in [0.2, 0.25) is 5.02 Å². The lowest BCUT2D eigenvalue weighted by Crippen LogP contribution is -2.24. The summed E-state index contributed by atoms with van der Waals surface area (Å²) in [5, 5.41) is 4.54. The molecule has 0 radical (unpaired) electrons. The first kappa shape index (κ1) is 18.5. The van der Waals surface area contributed by atoms with Crippen molar-refractivity contribution in [3.8, 4) is 17.2 Å². The van der Waals surface area contributed by atoms with Crippen molar-refractivity contribution in [2.24, 2.45) is 5.10 Å². The largest absolute Gasteiger partial charge is 0.484 e. The first-order valence-electron chi connectivity index (χ1n) is 8.22. The standard InChI is InChI=1S/C21H17ClN2O3/c22-17-9-11-18(12-10-17)26-15-21(25)24-23-14-16-5-4-8-20(13-16)27-19-6-2-1-3-7-19/h1-14H,15H2,(H,24,25). The fourth-order valence-corrected chi connectivity index (χ4v) is 2.30. The van der Waals surface area contributed by atoms with Crippen LogP contribution in [0.25, 0.3) is 0 Å². The number of hydrogen-bond acceptors (Lipinski definition) is 4. The van der Waals surface area contributed by atoms with Gasteiger partial charge < -0.3 is 9.47 Å². The predicted octanol–water partition coefficient (Wildman–Crippen LogP) is 4.66. The van der Waals surface area contributed by atoms with E-state index in [4.69, 9.17) is 21.1 Å². The van der Waals surface area contributed by atoms with Gasteiger partial charge >= 0.3 is 0 Å². The minimum atomic E-state index is -0.363. The van der Waals surface area contributed by atoms with Gasteiger partial charge in [0.05, 0.1) is 6.21 Å². The molecule has 0 atom stereocenters. The first-order chi connectivity index (χ1) is 13.2. The topological polar surface area (TPSA) is 59.9 Å². The molecule has 3 aromatic carbocycles. The van der Waals surface area contributed by atoms with E-state index in [9.17, 15) is 4.79 Å². The minimum absolute atomic E-state index is 0.143. The van der Waals surface area contributed by atoms with Crippen LogP contribution in [0.15, 0.2) is 84.0 Å². The summed E-state index contributed by atoms with van der Waals surface area (Å²) in [5.41, 5.74) is 3.21. The zero-order valence-corrected chi connectivity index (χ0v) is 15.1. The van der Waals surface area contributed by atoms with Gasteiger partial charge in [0.15, 0.2) is 6.61 Å². The number of hydrogen-bond donors (Lipinski definition) is 1. The van der Waals surface area contributed by atoms with E-state index >= 15 is 0 Å². The SMILES string of the molecule is O=C(COc1ccc(Cl)cc1)NN=Cc1cccc(Oc2ccccc2)c1. The molecule has 27 heavy (non-hydrogen) atoms. The average Bonchev–Trinajstić information content (AvgIpc) is 2.69. The molecule has 3 rings (SSSR count). The Morgan fingerprint density at radius 1 is 0.926 bits per heavy atom. The Morgan fingerprint density at radius 2 is 1.67 bits per heavy atom. The second kappa shape index (κ2) is 9.40. The molecule has 0 saturated carbocycles. The molecule has 0 spiro atoms. The molecule has 0 bridgehead atoms. The zero-order chi connectivity index (χ0) is 18.9. The molecule has 0 aromatic heterocycles. The average molecular weight is 381 g/mol. The van der Waals surface area contributed by atoms with Gasteiger partial charge in [-0.05, 0) is 54.1 Å².